The van der Waals surface area contributed by atoms with E-state index >= 15 is 0 Å². The zero-order valence-corrected chi connectivity index (χ0v) is 13.2. The van der Waals surface area contributed by atoms with Crippen molar-refractivity contribution in [3.05, 3.63) is 22.9 Å². The van der Waals surface area contributed by atoms with Crippen LogP contribution in [-0.4, -0.2) is 48.0 Å². The highest BCUT2D eigenvalue weighted by Crippen LogP contribution is 2.24. The number of amides is 1. The van der Waals surface area contributed by atoms with Crippen molar-refractivity contribution in [3.63, 3.8) is 0 Å². The zero-order valence-electron chi connectivity index (χ0n) is 12.4. The smallest absolute Gasteiger partial charge is 0.338 e. The highest BCUT2D eigenvalue weighted by molar-refractivity contribution is 8.00. The van der Waals surface area contributed by atoms with Crippen LogP contribution in [-0.2, 0) is 9.53 Å². The molecule has 0 unspecified atom stereocenters. The molecule has 0 saturated heterocycles. The standard InChI is InChI=1S/C14H20N2O4S/c1-9-7-10(2)16-13(12(9)14(18)19)21-8-11(17)15-5-4-6-20-3/h7H,4-6,8H2,1-3H3,(H,15,17)(H,18,19). The molecule has 7 heteroatoms. The number of nitrogens with one attached hydrogen (secondary N) is 1. The minimum atomic E-state index is -1.02. The van der Waals surface area contributed by atoms with Crippen molar-refractivity contribution in [2.24, 2.45) is 0 Å². The maximum absolute atomic E-state index is 11.7. The van der Waals surface area contributed by atoms with E-state index in [0.29, 0.717) is 23.7 Å². The summed E-state index contributed by atoms with van der Waals surface area (Å²) in [6, 6.07) is 1.72. The van der Waals surface area contributed by atoms with Crippen LogP contribution in [0.3, 0.4) is 0 Å². The fourth-order valence-electron chi connectivity index (χ4n) is 1.80. The predicted octanol–water partition coefficient (Wildman–Crippen LogP) is 1.64. The zero-order chi connectivity index (χ0) is 15.8. The van der Waals surface area contributed by atoms with E-state index in [1.807, 2.05) is 0 Å². The Morgan fingerprint density at radius 2 is 2.14 bits per heavy atom. The molecular formula is C14H20N2O4S. The van der Waals surface area contributed by atoms with E-state index in [0.717, 1.165) is 23.9 Å². The monoisotopic (exact) mass is 312 g/mol. The van der Waals surface area contributed by atoms with Crippen molar-refractivity contribution in [3.8, 4) is 0 Å². The van der Waals surface area contributed by atoms with Crippen molar-refractivity contribution >= 4 is 23.6 Å². The lowest BCUT2D eigenvalue weighted by Crippen LogP contribution is -2.27. The van der Waals surface area contributed by atoms with E-state index in [-0.39, 0.29) is 17.2 Å². The maximum atomic E-state index is 11.7. The third-order valence-corrected chi connectivity index (χ3v) is 3.69. The van der Waals surface area contributed by atoms with Gasteiger partial charge < -0.3 is 15.2 Å². The molecule has 116 valence electrons. The van der Waals surface area contributed by atoms with E-state index in [1.165, 1.54) is 0 Å². The summed E-state index contributed by atoms with van der Waals surface area (Å²) in [5.41, 5.74) is 1.55. The molecular weight excluding hydrogens is 292 g/mol. The minimum Gasteiger partial charge on any atom is -0.478 e. The molecule has 0 spiro atoms. The SMILES string of the molecule is COCCCNC(=O)CSc1nc(C)cc(C)c1C(=O)O. The lowest BCUT2D eigenvalue weighted by molar-refractivity contribution is -0.118. The average Bonchev–Trinajstić information content (AvgIpc) is 2.40. The number of rotatable bonds is 8. The summed E-state index contributed by atoms with van der Waals surface area (Å²) in [6.45, 7) is 4.66. The molecule has 1 aromatic heterocycles. The van der Waals surface area contributed by atoms with Gasteiger partial charge in [0, 0.05) is 26.0 Å². The molecule has 1 heterocycles. The number of aromatic nitrogens is 1. The summed E-state index contributed by atoms with van der Waals surface area (Å²) in [4.78, 5) is 27.2. The number of carboxylic acids is 1. The Kier molecular flexibility index (Phi) is 7.18. The first-order valence-corrected chi connectivity index (χ1v) is 7.54. The Labute approximate surface area is 128 Å². The number of pyridine rings is 1. The van der Waals surface area contributed by atoms with Gasteiger partial charge in [0.25, 0.3) is 0 Å². The van der Waals surface area contributed by atoms with Crippen LogP contribution in [0, 0.1) is 13.8 Å². The van der Waals surface area contributed by atoms with Gasteiger partial charge in [-0.25, -0.2) is 9.78 Å². The first kappa shape index (κ1) is 17.5. The molecule has 1 aromatic rings. The molecule has 0 aliphatic rings. The quantitative estimate of drug-likeness (QED) is 0.560. The largest absolute Gasteiger partial charge is 0.478 e. The summed E-state index contributed by atoms with van der Waals surface area (Å²) in [6.07, 6.45) is 0.745. The second kappa shape index (κ2) is 8.63. The third kappa shape index (κ3) is 5.73. The third-order valence-electron chi connectivity index (χ3n) is 2.71. The summed E-state index contributed by atoms with van der Waals surface area (Å²) in [5, 5.41) is 12.4. The molecule has 0 aliphatic carbocycles. The second-order valence-electron chi connectivity index (χ2n) is 4.55. The number of carboxylic acid groups (broad SMARTS) is 1. The second-order valence-corrected chi connectivity index (χ2v) is 5.51. The average molecular weight is 312 g/mol. The molecule has 0 saturated carbocycles. The minimum absolute atomic E-state index is 0.142. The van der Waals surface area contributed by atoms with Gasteiger partial charge in [0.05, 0.1) is 11.3 Å². The van der Waals surface area contributed by atoms with Crippen LogP contribution in [0.1, 0.15) is 28.0 Å². The number of methoxy groups -OCH3 is 1. The number of carbonyl (C=O) groups excluding carboxylic acids is 1. The van der Waals surface area contributed by atoms with Crippen molar-refractivity contribution in [1.29, 1.82) is 0 Å². The van der Waals surface area contributed by atoms with E-state index in [2.05, 4.69) is 10.3 Å². The number of hydrogen-bond acceptors (Lipinski definition) is 5. The Morgan fingerprint density at radius 3 is 2.76 bits per heavy atom. The van der Waals surface area contributed by atoms with Crippen LogP contribution in [0.2, 0.25) is 0 Å². The van der Waals surface area contributed by atoms with Gasteiger partial charge in [-0.15, -0.1) is 0 Å². The molecule has 0 radical (unpaired) electrons. The van der Waals surface area contributed by atoms with Crippen LogP contribution in [0.4, 0.5) is 0 Å². The van der Waals surface area contributed by atoms with Crippen molar-refractivity contribution in [1.82, 2.24) is 10.3 Å². The Balaban J connectivity index is 2.62. The first-order chi connectivity index (χ1) is 9.95. The molecule has 6 nitrogen and oxygen atoms in total. The van der Waals surface area contributed by atoms with Crippen LogP contribution in [0.5, 0.6) is 0 Å². The van der Waals surface area contributed by atoms with Gasteiger partial charge >= 0.3 is 5.97 Å². The van der Waals surface area contributed by atoms with E-state index in [4.69, 9.17) is 4.74 Å². The van der Waals surface area contributed by atoms with Crippen LogP contribution in [0.25, 0.3) is 0 Å². The van der Waals surface area contributed by atoms with E-state index in [1.54, 1.807) is 27.0 Å². The number of ether oxygens (including phenoxy) is 1. The molecule has 21 heavy (non-hydrogen) atoms. The summed E-state index contributed by atoms with van der Waals surface area (Å²) in [7, 11) is 1.61. The number of nitrogens with zero attached hydrogens (tertiary/aromatic N) is 1. The van der Waals surface area contributed by atoms with Crippen LogP contribution >= 0.6 is 11.8 Å². The normalized spacial score (nSPS) is 10.4. The fourth-order valence-corrected chi connectivity index (χ4v) is 2.77. The maximum Gasteiger partial charge on any atom is 0.338 e. The van der Waals surface area contributed by atoms with Gasteiger partial charge in [-0.3, -0.25) is 4.79 Å². The summed E-state index contributed by atoms with van der Waals surface area (Å²) < 4.78 is 4.89. The lowest BCUT2D eigenvalue weighted by atomic mass is 10.1. The fraction of sp³-hybridized carbons (Fsp3) is 0.500. The molecule has 0 aliphatic heterocycles. The molecule has 1 amide bonds. The molecule has 0 bridgehead atoms. The Bertz CT molecular complexity index is 520. The van der Waals surface area contributed by atoms with E-state index in [9.17, 15) is 14.7 Å². The molecule has 0 fully saturated rings. The lowest BCUT2D eigenvalue weighted by Gasteiger charge is -2.09. The van der Waals surface area contributed by atoms with Crippen LogP contribution < -0.4 is 5.32 Å². The highest BCUT2D eigenvalue weighted by atomic mass is 32.2. The van der Waals surface area contributed by atoms with Crippen molar-refractivity contribution in [2.45, 2.75) is 25.3 Å². The van der Waals surface area contributed by atoms with Crippen LogP contribution in [0.15, 0.2) is 11.1 Å². The number of thioether (sulfide) groups is 1. The number of hydrogen-bond donors (Lipinski definition) is 2. The molecule has 0 aromatic carbocycles. The molecule has 2 N–H and O–H groups in total. The number of aryl methyl sites for hydroxylation is 2. The Morgan fingerprint density at radius 1 is 1.43 bits per heavy atom. The van der Waals surface area contributed by atoms with Gasteiger partial charge in [-0.05, 0) is 31.9 Å². The summed E-state index contributed by atoms with van der Waals surface area (Å²) in [5.74, 6) is -1.03. The predicted molar refractivity (Wildman–Crippen MR) is 80.9 cm³/mol. The first-order valence-electron chi connectivity index (χ1n) is 6.55. The number of aromatic carboxylic acids is 1. The van der Waals surface area contributed by atoms with Gasteiger partial charge in [0.2, 0.25) is 5.91 Å². The molecule has 0 atom stereocenters. The molecule has 1 rings (SSSR count). The van der Waals surface area contributed by atoms with Gasteiger partial charge in [0.15, 0.2) is 0 Å². The van der Waals surface area contributed by atoms with Gasteiger partial charge in [-0.1, -0.05) is 11.8 Å². The van der Waals surface area contributed by atoms with Gasteiger partial charge in [-0.2, -0.15) is 0 Å². The topological polar surface area (TPSA) is 88.5 Å². The Hall–Kier alpha value is -1.60. The highest BCUT2D eigenvalue weighted by Gasteiger charge is 2.17. The van der Waals surface area contributed by atoms with Crippen molar-refractivity contribution < 1.29 is 19.4 Å². The van der Waals surface area contributed by atoms with Gasteiger partial charge in [0.1, 0.15) is 5.03 Å². The summed E-state index contributed by atoms with van der Waals surface area (Å²) >= 11 is 1.14. The van der Waals surface area contributed by atoms with Crippen molar-refractivity contribution in [2.75, 3.05) is 26.0 Å². The van der Waals surface area contributed by atoms with E-state index < -0.39 is 5.97 Å². The number of carbonyl (C=O) groups is 2.